The molecule has 0 aliphatic carbocycles. The van der Waals surface area contributed by atoms with E-state index in [1.165, 1.54) is 15.6 Å². The summed E-state index contributed by atoms with van der Waals surface area (Å²) in [6, 6.07) is 10.6. The van der Waals surface area contributed by atoms with Crippen LogP contribution in [0.15, 0.2) is 35.1 Å². The van der Waals surface area contributed by atoms with Gasteiger partial charge in [-0.2, -0.15) is 9.50 Å². The van der Waals surface area contributed by atoms with Crippen LogP contribution in [0.1, 0.15) is 30.2 Å². The number of hydrogen-bond donors (Lipinski definition) is 2. The minimum Gasteiger partial charge on any atom is -0.368 e. The number of aromatic nitrogens is 4. The van der Waals surface area contributed by atoms with Gasteiger partial charge in [0, 0.05) is 25.2 Å². The number of H-pyrrole nitrogens is 1. The zero-order valence-corrected chi connectivity index (χ0v) is 13.6. The number of nitrogens with two attached hydrogens (primary N) is 1. The number of fused-ring (bicyclic) bond motifs is 2. The van der Waals surface area contributed by atoms with E-state index in [1.807, 2.05) is 0 Å². The van der Waals surface area contributed by atoms with Crippen molar-refractivity contribution in [2.24, 2.45) is 0 Å². The predicted molar refractivity (Wildman–Crippen MR) is 91.5 cm³/mol. The highest BCUT2D eigenvalue weighted by atomic mass is 16.1. The summed E-state index contributed by atoms with van der Waals surface area (Å²) in [5.41, 5.74) is 8.92. The van der Waals surface area contributed by atoms with Crippen molar-refractivity contribution < 1.29 is 0 Å². The van der Waals surface area contributed by atoms with Gasteiger partial charge in [-0.25, -0.2) is 4.98 Å². The van der Waals surface area contributed by atoms with Crippen molar-refractivity contribution in [3.05, 3.63) is 57.5 Å². The SMILES string of the molecule is CCC1Cc2ccccc2CN1Cc1cc(=O)n2[nH]c(N)nc2n1. The quantitative estimate of drug-likeness (QED) is 0.758. The number of aromatic amines is 1. The van der Waals surface area contributed by atoms with Crippen LogP contribution in [0.4, 0.5) is 5.95 Å². The van der Waals surface area contributed by atoms with E-state index >= 15 is 0 Å². The lowest BCUT2D eigenvalue weighted by molar-refractivity contribution is 0.156. The summed E-state index contributed by atoms with van der Waals surface area (Å²) >= 11 is 0. The molecule has 7 heteroatoms. The van der Waals surface area contributed by atoms with Gasteiger partial charge in [-0.15, -0.1) is 0 Å². The molecule has 0 saturated heterocycles. The maximum atomic E-state index is 12.2. The predicted octanol–water partition coefficient (Wildman–Crippen LogP) is 1.34. The number of hydrogen-bond acceptors (Lipinski definition) is 5. The lowest BCUT2D eigenvalue weighted by atomic mass is 9.92. The summed E-state index contributed by atoms with van der Waals surface area (Å²) in [4.78, 5) is 23.1. The number of nitrogen functional groups attached to an aromatic ring is 1. The normalized spacial score (nSPS) is 18.0. The fraction of sp³-hybridized carbons (Fsp3) is 0.353. The smallest absolute Gasteiger partial charge is 0.274 e. The molecular formula is C17H20N6O. The van der Waals surface area contributed by atoms with E-state index in [-0.39, 0.29) is 11.5 Å². The van der Waals surface area contributed by atoms with Gasteiger partial charge >= 0.3 is 0 Å². The van der Waals surface area contributed by atoms with Gasteiger partial charge in [0.25, 0.3) is 11.3 Å². The van der Waals surface area contributed by atoms with Crippen LogP contribution < -0.4 is 11.3 Å². The van der Waals surface area contributed by atoms with Crippen LogP contribution in [0.5, 0.6) is 0 Å². The Morgan fingerprint density at radius 3 is 2.88 bits per heavy atom. The largest absolute Gasteiger partial charge is 0.368 e. The zero-order chi connectivity index (χ0) is 16.7. The molecule has 1 aliphatic rings. The van der Waals surface area contributed by atoms with E-state index in [9.17, 15) is 4.79 Å². The molecule has 0 fully saturated rings. The van der Waals surface area contributed by atoms with E-state index in [0.717, 1.165) is 25.1 Å². The topological polar surface area (TPSA) is 92.3 Å². The third kappa shape index (κ3) is 2.56. The van der Waals surface area contributed by atoms with Crippen LogP contribution in [-0.4, -0.2) is 30.5 Å². The second kappa shape index (κ2) is 5.76. The number of nitrogens with zero attached hydrogens (tertiary/aromatic N) is 4. The summed E-state index contributed by atoms with van der Waals surface area (Å²) in [5, 5.41) is 2.69. The van der Waals surface area contributed by atoms with Gasteiger partial charge in [0.1, 0.15) is 0 Å². The Labute approximate surface area is 139 Å². The van der Waals surface area contributed by atoms with Crippen LogP contribution in [0, 0.1) is 0 Å². The van der Waals surface area contributed by atoms with Gasteiger partial charge in [0.05, 0.1) is 5.69 Å². The molecule has 3 heterocycles. The third-order valence-electron chi connectivity index (χ3n) is 4.70. The van der Waals surface area contributed by atoms with Crippen LogP contribution in [0.25, 0.3) is 5.78 Å². The van der Waals surface area contributed by atoms with E-state index in [0.29, 0.717) is 18.4 Å². The van der Waals surface area contributed by atoms with Gasteiger partial charge in [-0.05, 0) is 24.0 Å². The Morgan fingerprint density at radius 1 is 1.29 bits per heavy atom. The molecule has 1 aliphatic heterocycles. The van der Waals surface area contributed by atoms with Crippen molar-refractivity contribution in [2.45, 2.75) is 38.9 Å². The van der Waals surface area contributed by atoms with E-state index in [2.05, 4.69) is 51.2 Å². The molecule has 0 amide bonds. The fourth-order valence-corrected chi connectivity index (χ4v) is 3.46. The first-order valence-corrected chi connectivity index (χ1v) is 8.19. The van der Waals surface area contributed by atoms with Crippen molar-refractivity contribution in [1.29, 1.82) is 0 Å². The average molecular weight is 324 g/mol. The van der Waals surface area contributed by atoms with E-state index < -0.39 is 0 Å². The molecule has 1 unspecified atom stereocenters. The first-order valence-electron chi connectivity index (χ1n) is 8.19. The molecule has 1 atom stereocenters. The highest BCUT2D eigenvalue weighted by molar-refractivity contribution is 5.34. The first kappa shape index (κ1) is 14.9. The number of benzene rings is 1. The van der Waals surface area contributed by atoms with E-state index in [1.54, 1.807) is 6.07 Å². The van der Waals surface area contributed by atoms with Crippen LogP contribution in [0.3, 0.4) is 0 Å². The molecular weight excluding hydrogens is 304 g/mol. The van der Waals surface area contributed by atoms with Crippen molar-refractivity contribution in [3.63, 3.8) is 0 Å². The summed E-state index contributed by atoms with van der Waals surface area (Å²) in [6.07, 6.45) is 2.09. The molecule has 0 saturated carbocycles. The molecule has 0 radical (unpaired) electrons. The Bertz CT molecular complexity index is 944. The van der Waals surface area contributed by atoms with Gasteiger partial charge in [-0.3, -0.25) is 14.8 Å². The van der Waals surface area contributed by atoms with Crippen LogP contribution in [0.2, 0.25) is 0 Å². The fourth-order valence-electron chi connectivity index (χ4n) is 3.46. The lowest BCUT2D eigenvalue weighted by Gasteiger charge is -2.36. The Morgan fingerprint density at radius 2 is 2.08 bits per heavy atom. The van der Waals surface area contributed by atoms with Crippen molar-refractivity contribution >= 4 is 11.7 Å². The minimum absolute atomic E-state index is 0.190. The molecule has 2 aromatic heterocycles. The molecule has 7 nitrogen and oxygen atoms in total. The summed E-state index contributed by atoms with van der Waals surface area (Å²) in [7, 11) is 0. The third-order valence-corrected chi connectivity index (χ3v) is 4.70. The molecule has 1 aromatic carbocycles. The van der Waals surface area contributed by atoms with Gasteiger partial charge in [0.15, 0.2) is 0 Å². The monoisotopic (exact) mass is 324 g/mol. The zero-order valence-electron chi connectivity index (χ0n) is 13.6. The highest BCUT2D eigenvalue weighted by Crippen LogP contribution is 2.26. The summed E-state index contributed by atoms with van der Waals surface area (Å²) < 4.78 is 1.27. The first-order chi connectivity index (χ1) is 11.6. The van der Waals surface area contributed by atoms with Crippen molar-refractivity contribution in [2.75, 3.05) is 5.73 Å². The molecule has 4 rings (SSSR count). The average Bonchev–Trinajstić information content (AvgIpc) is 2.95. The molecule has 3 aromatic rings. The van der Waals surface area contributed by atoms with Gasteiger partial charge < -0.3 is 5.73 Å². The van der Waals surface area contributed by atoms with Crippen LogP contribution >= 0.6 is 0 Å². The van der Waals surface area contributed by atoms with Gasteiger partial charge in [-0.1, -0.05) is 31.2 Å². The number of rotatable bonds is 3. The Kier molecular flexibility index (Phi) is 3.57. The Balaban J connectivity index is 1.65. The van der Waals surface area contributed by atoms with Gasteiger partial charge in [0.2, 0.25) is 5.95 Å². The van der Waals surface area contributed by atoms with Crippen molar-refractivity contribution in [1.82, 2.24) is 24.5 Å². The standard InChI is InChI=1S/C17H20N6O/c1-2-14-7-11-5-3-4-6-12(11)9-22(14)10-13-8-15(24)23-17(19-13)20-16(18)21-23/h3-6,8,14H,2,7,9-10H2,1H3,(H3,18,19,20,21). The second-order valence-corrected chi connectivity index (χ2v) is 6.27. The number of anilines is 1. The number of nitrogens with one attached hydrogen (secondary N) is 1. The van der Waals surface area contributed by atoms with Crippen molar-refractivity contribution in [3.8, 4) is 0 Å². The summed E-state index contributed by atoms with van der Waals surface area (Å²) in [5.74, 6) is 0.510. The molecule has 124 valence electrons. The van der Waals surface area contributed by atoms with E-state index in [4.69, 9.17) is 5.73 Å². The molecule has 3 N–H and O–H groups in total. The van der Waals surface area contributed by atoms with Crippen LogP contribution in [-0.2, 0) is 19.5 Å². The molecule has 0 spiro atoms. The highest BCUT2D eigenvalue weighted by Gasteiger charge is 2.25. The lowest BCUT2D eigenvalue weighted by Crippen LogP contribution is -2.39. The molecule has 0 bridgehead atoms. The summed E-state index contributed by atoms with van der Waals surface area (Å²) in [6.45, 7) is 3.70. The minimum atomic E-state index is -0.190. The second-order valence-electron chi connectivity index (χ2n) is 6.27. The Hall–Kier alpha value is -2.67. The maximum absolute atomic E-state index is 12.2. The maximum Gasteiger partial charge on any atom is 0.274 e. The molecule has 24 heavy (non-hydrogen) atoms.